The number of carbonyl (C=O) groups is 1. The number of rotatable bonds is 8. The SMILES string of the molecule is CC(C)(C)OC(=O)N[C@@H](Cc1ccccc1)[C@@H](CCO)O[Si](C)(C)C(C)(C)C. The molecule has 1 aromatic carbocycles. The molecule has 6 heteroatoms. The van der Waals surface area contributed by atoms with Gasteiger partial charge in [-0.2, -0.15) is 0 Å². The summed E-state index contributed by atoms with van der Waals surface area (Å²) in [6, 6.07) is 9.71. The van der Waals surface area contributed by atoms with Crippen molar-refractivity contribution in [2.75, 3.05) is 6.61 Å². The molecule has 0 saturated heterocycles. The quantitative estimate of drug-likeness (QED) is 0.600. The molecule has 0 aromatic heterocycles. The third-order valence-electron chi connectivity index (χ3n) is 5.12. The molecule has 28 heavy (non-hydrogen) atoms. The van der Waals surface area contributed by atoms with Crippen molar-refractivity contribution in [2.45, 2.75) is 90.3 Å². The van der Waals surface area contributed by atoms with E-state index in [4.69, 9.17) is 9.16 Å². The van der Waals surface area contributed by atoms with E-state index in [1.807, 2.05) is 51.1 Å². The van der Waals surface area contributed by atoms with Gasteiger partial charge in [0.15, 0.2) is 8.32 Å². The number of hydrogen-bond donors (Lipinski definition) is 2. The van der Waals surface area contributed by atoms with E-state index in [2.05, 4.69) is 39.2 Å². The third-order valence-corrected chi connectivity index (χ3v) is 9.62. The molecular formula is C22H39NO4Si. The van der Waals surface area contributed by atoms with Crippen molar-refractivity contribution >= 4 is 14.4 Å². The molecule has 160 valence electrons. The van der Waals surface area contributed by atoms with Gasteiger partial charge in [-0.1, -0.05) is 51.1 Å². The minimum absolute atomic E-state index is 0.000573. The minimum Gasteiger partial charge on any atom is -0.444 e. The standard InChI is InChI=1S/C22H39NO4Si/c1-21(2,3)26-20(25)23-18(16-17-12-10-9-11-13-17)19(14-15-24)27-28(7,8)22(4,5)6/h9-13,18-19,24H,14-16H2,1-8H3,(H,23,25)/t18-,19+/m0/s1. The Labute approximate surface area is 172 Å². The van der Waals surface area contributed by atoms with Crippen LogP contribution in [0.5, 0.6) is 0 Å². The van der Waals surface area contributed by atoms with Crippen LogP contribution >= 0.6 is 0 Å². The number of benzene rings is 1. The zero-order valence-electron chi connectivity index (χ0n) is 18.8. The second-order valence-electron chi connectivity index (χ2n) is 9.87. The number of ether oxygens (including phenoxy) is 1. The minimum atomic E-state index is -2.09. The summed E-state index contributed by atoms with van der Waals surface area (Å²) >= 11 is 0. The number of carbonyl (C=O) groups excluding carboxylic acids is 1. The van der Waals surface area contributed by atoms with Gasteiger partial charge in [0.1, 0.15) is 5.60 Å². The highest BCUT2D eigenvalue weighted by Gasteiger charge is 2.41. The molecule has 0 aliphatic rings. The highest BCUT2D eigenvalue weighted by Crippen LogP contribution is 2.38. The van der Waals surface area contributed by atoms with Crippen LogP contribution in [-0.4, -0.2) is 43.9 Å². The first kappa shape index (κ1) is 24.7. The van der Waals surface area contributed by atoms with Crippen molar-refractivity contribution < 1.29 is 19.1 Å². The molecule has 0 fully saturated rings. The number of amides is 1. The molecule has 2 atom stereocenters. The number of aliphatic hydroxyl groups excluding tert-OH is 1. The number of aliphatic hydroxyl groups is 1. The average molecular weight is 410 g/mol. The lowest BCUT2D eigenvalue weighted by molar-refractivity contribution is 0.0406. The van der Waals surface area contributed by atoms with E-state index < -0.39 is 20.0 Å². The van der Waals surface area contributed by atoms with Gasteiger partial charge in [0.05, 0.1) is 12.1 Å². The van der Waals surface area contributed by atoms with Crippen LogP contribution in [-0.2, 0) is 15.6 Å². The molecule has 0 heterocycles. The van der Waals surface area contributed by atoms with Crippen LogP contribution in [0.15, 0.2) is 30.3 Å². The first-order chi connectivity index (χ1) is 12.7. The van der Waals surface area contributed by atoms with Gasteiger partial charge in [0, 0.05) is 6.61 Å². The molecule has 0 saturated carbocycles. The fourth-order valence-corrected chi connectivity index (χ4v) is 4.02. The number of alkyl carbamates (subject to hydrolysis) is 1. The van der Waals surface area contributed by atoms with Crippen LogP contribution in [0.25, 0.3) is 0 Å². The van der Waals surface area contributed by atoms with Gasteiger partial charge in [0.2, 0.25) is 0 Å². The Bertz CT molecular complexity index is 605. The zero-order chi connectivity index (χ0) is 21.6. The van der Waals surface area contributed by atoms with Crippen molar-refractivity contribution in [3.8, 4) is 0 Å². The predicted molar refractivity (Wildman–Crippen MR) is 117 cm³/mol. The number of nitrogens with one attached hydrogen (secondary N) is 1. The highest BCUT2D eigenvalue weighted by atomic mass is 28.4. The second kappa shape index (κ2) is 9.90. The van der Waals surface area contributed by atoms with Gasteiger partial charge in [-0.3, -0.25) is 0 Å². The molecule has 0 spiro atoms. The Hall–Kier alpha value is -1.37. The third kappa shape index (κ3) is 8.33. The largest absolute Gasteiger partial charge is 0.444 e. The first-order valence-corrected chi connectivity index (χ1v) is 13.0. The summed E-state index contributed by atoms with van der Waals surface area (Å²) in [7, 11) is -2.09. The summed E-state index contributed by atoms with van der Waals surface area (Å²) in [5.74, 6) is 0. The Morgan fingerprint density at radius 2 is 1.68 bits per heavy atom. The van der Waals surface area contributed by atoms with E-state index >= 15 is 0 Å². The normalized spacial score (nSPS) is 15.0. The summed E-state index contributed by atoms with van der Waals surface area (Å²) in [5.41, 5.74) is 0.527. The molecular weight excluding hydrogens is 370 g/mol. The topological polar surface area (TPSA) is 67.8 Å². The van der Waals surface area contributed by atoms with Crippen LogP contribution in [0.2, 0.25) is 18.1 Å². The Balaban J connectivity index is 3.10. The van der Waals surface area contributed by atoms with Gasteiger partial charge >= 0.3 is 6.09 Å². The lowest BCUT2D eigenvalue weighted by atomic mass is 9.99. The van der Waals surface area contributed by atoms with Crippen LogP contribution in [0.1, 0.15) is 53.5 Å². The van der Waals surface area contributed by atoms with E-state index in [0.29, 0.717) is 12.8 Å². The smallest absolute Gasteiger partial charge is 0.407 e. The van der Waals surface area contributed by atoms with E-state index in [0.717, 1.165) is 5.56 Å². The molecule has 1 aromatic rings. The Morgan fingerprint density at radius 1 is 1.11 bits per heavy atom. The van der Waals surface area contributed by atoms with Crippen LogP contribution < -0.4 is 5.32 Å². The molecule has 1 amide bonds. The van der Waals surface area contributed by atoms with Crippen molar-refractivity contribution in [3.05, 3.63) is 35.9 Å². The molecule has 5 nitrogen and oxygen atoms in total. The van der Waals surface area contributed by atoms with Crippen molar-refractivity contribution in [1.29, 1.82) is 0 Å². The van der Waals surface area contributed by atoms with Crippen LogP contribution in [0.3, 0.4) is 0 Å². The maximum absolute atomic E-state index is 12.5. The van der Waals surface area contributed by atoms with E-state index in [-0.39, 0.29) is 23.8 Å². The van der Waals surface area contributed by atoms with E-state index in [1.54, 1.807) is 0 Å². The number of hydrogen-bond acceptors (Lipinski definition) is 4. The summed E-state index contributed by atoms with van der Waals surface area (Å²) in [6.07, 6.45) is 0.313. The Kier molecular flexibility index (Phi) is 8.72. The summed E-state index contributed by atoms with van der Waals surface area (Å²) in [5, 5.41) is 12.7. The second-order valence-corrected chi connectivity index (χ2v) is 14.6. The Morgan fingerprint density at radius 3 is 2.14 bits per heavy atom. The van der Waals surface area contributed by atoms with Gasteiger partial charge < -0.3 is 19.6 Å². The molecule has 2 N–H and O–H groups in total. The van der Waals surface area contributed by atoms with Crippen LogP contribution in [0, 0.1) is 0 Å². The summed E-state index contributed by atoms with van der Waals surface area (Å²) in [6.45, 7) is 16.5. The maximum Gasteiger partial charge on any atom is 0.407 e. The van der Waals surface area contributed by atoms with Crippen LogP contribution in [0.4, 0.5) is 4.79 Å². The van der Waals surface area contributed by atoms with Gasteiger partial charge in [0.25, 0.3) is 0 Å². The maximum atomic E-state index is 12.5. The lowest BCUT2D eigenvalue weighted by Gasteiger charge is -2.41. The molecule has 1 rings (SSSR count). The predicted octanol–water partition coefficient (Wildman–Crippen LogP) is 4.90. The molecule has 0 unspecified atom stereocenters. The molecule has 0 aliphatic heterocycles. The van der Waals surface area contributed by atoms with Crippen molar-refractivity contribution in [3.63, 3.8) is 0 Å². The molecule has 0 aliphatic carbocycles. The zero-order valence-corrected chi connectivity index (χ0v) is 19.8. The fraction of sp³-hybridized carbons (Fsp3) is 0.682. The fourth-order valence-electron chi connectivity index (χ4n) is 2.63. The highest BCUT2D eigenvalue weighted by molar-refractivity contribution is 6.74. The van der Waals surface area contributed by atoms with E-state index in [1.165, 1.54) is 0 Å². The van der Waals surface area contributed by atoms with Crippen molar-refractivity contribution in [2.24, 2.45) is 0 Å². The molecule has 0 bridgehead atoms. The average Bonchev–Trinajstić information content (AvgIpc) is 2.52. The summed E-state index contributed by atoms with van der Waals surface area (Å²) in [4.78, 5) is 12.5. The molecule has 0 radical (unpaired) electrons. The first-order valence-electron chi connectivity index (χ1n) is 10.1. The van der Waals surface area contributed by atoms with Gasteiger partial charge in [-0.25, -0.2) is 4.79 Å². The van der Waals surface area contributed by atoms with Crippen molar-refractivity contribution in [1.82, 2.24) is 5.32 Å². The van der Waals surface area contributed by atoms with Gasteiger partial charge in [-0.15, -0.1) is 0 Å². The summed E-state index contributed by atoms with van der Waals surface area (Å²) < 4.78 is 12.1. The van der Waals surface area contributed by atoms with Gasteiger partial charge in [-0.05, 0) is 57.3 Å². The lowest BCUT2D eigenvalue weighted by Crippen LogP contribution is -2.53. The van der Waals surface area contributed by atoms with E-state index in [9.17, 15) is 9.90 Å². The monoisotopic (exact) mass is 409 g/mol.